The molecule has 17 atom stereocenters. The van der Waals surface area contributed by atoms with Crippen molar-refractivity contribution in [1.82, 2.24) is 0 Å². The fourth-order valence-electron chi connectivity index (χ4n) is 8.65. The third-order valence-electron chi connectivity index (χ3n) is 11.5. The van der Waals surface area contributed by atoms with Gasteiger partial charge in [0.05, 0.1) is 49.3 Å². The predicted octanol–water partition coefficient (Wildman–Crippen LogP) is 15.7. The standard InChI is InChI=1S/C15H32BO6P3S3.C11H24BO6P3S3.C9H17BF3O6P3/c1-5-13-9-15(16)10-14(13)11-21-25(20,28-8-4)22-24(19,27-7-3)12-23(17,18)26-6-2;1-3-9-5-11(12)6-10(9)7-17-21(16,24-4-2)18-20(15,23)8-19(13,14)22;1-2-7-3-9(10)4-8(7)5-18-22(13,17)19-21(12,16)6-20(11,14)15/h13-15H,5-12H2,1-4H3,(H,17,18);9-11H,3-8H2,1-2H3,(H,15,23)(H2,13,14,22);7-9H,2-6H2,1H3,(H,14,15)/t13-,14-,15+,24?,25?;9-,10-,11+,20?,21?;7-,8-,9+,21?,22?/m111/s1. The second-order valence-corrected chi connectivity index (χ2v) is 50.1. The van der Waals surface area contributed by atoms with Gasteiger partial charge in [-0.1, -0.05) is 146 Å². The van der Waals surface area contributed by atoms with E-state index >= 15 is 0 Å². The topological polar surface area (TPSA) is 276 Å². The maximum Gasteiger partial charge on any atom is 0.520 e. The van der Waals surface area contributed by atoms with Crippen LogP contribution in [0.4, 0.5) is 12.6 Å². The molecule has 432 valence electrons. The molecule has 6 radical (unpaired) electrons. The lowest BCUT2D eigenvalue weighted by Crippen LogP contribution is -2.13. The van der Waals surface area contributed by atoms with Crippen LogP contribution < -0.4 is 0 Å². The van der Waals surface area contributed by atoms with Crippen molar-refractivity contribution in [3.05, 3.63) is 0 Å². The van der Waals surface area contributed by atoms with E-state index in [0.717, 1.165) is 90.5 Å². The normalized spacial score (nSPS) is 30.8. The Hall–Kier alpha value is 3.85. The smallest absolute Gasteiger partial charge is 0.345 e. The van der Waals surface area contributed by atoms with Gasteiger partial charge in [-0.3, -0.25) is 22.8 Å². The minimum Gasteiger partial charge on any atom is -0.345 e. The average molecular weight is 1340 g/mol. The summed E-state index contributed by atoms with van der Waals surface area (Å²) in [6.45, 7) is -9.07. The molecular weight excluding hydrogens is 1270 g/mol. The monoisotopic (exact) mass is 1340 g/mol. The number of hydrogen-bond donors (Lipinski definition) is 5. The summed E-state index contributed by atoms with van der Waals surface area (Å²) < 4.78 is 153. The van der Waals surface area contributed by atoms with Crippen LogP contribution in [0.3, 0.4) is 0 Å². The van der Waals surface area contributed by atoms with E-state index in [1.807, 2.05) is 13.8 Å². The van der Waals surface area contributed by atoms with E-state index in [0.29, 0.717) is 47.7 Å². The highest BCUT2D eigenvalue weighted by Crippen LogP contribution is 2.80. The zero-order valence-electron chi connectivity index (χ0n) is 42.5. The Morgan fingerprint density at radius 1 is 0.486 bits per heavy atom. The van der Waals surface area contributed by atoms with Crippen molar-refractivity contribution in [2.45, 2.75) is 124 Å². The summed E-state index contributed by atoms with van der Waals surface area (Å²) in [6.07, 6.45) is 7.25. The quantitative estimate of drug-likeness (QED) is 0.0309. The Bertz CT molecular complexity index is 2180. The van der Waals surface area contributed by atoms with Gasteiger partial charge in [-0.05, 0) is 93.4 Å². The maximum absolute atomic E-state index is 13.5. The molecule has 0 aromatic rings. The van der Waals surface area contributed by atoms with Crippen LogP contribution in [0, 0.1) is 35.5 Å². The second kappa shape index (κ2) is 34.1. The summed E-state index contributed by atoms with van der Waals surface area (Å²) in [6, 6.07) is 0. The van der Waals surface area contributed by atoms with Gasteiger partial charge >= 0.3 is 36.9 Å². The summed E-state index contributed by atoms with van der Waals surface area (Å²) >= 11 is 13.1. The fourth-order valence-corrected chi connectivity index (χ4v) is 43.2. The summed E-state index contributed by atoms with van der Waals surface area (Å²) in [5.74, 6) is -0.360. The molecule has 0 bridgehead atoms. The van der Waals surface area contributed by atoms with Gasteiger partial charge in [0.15, 0.2) is 12.4 Å². The van der Waals surface area contributed by atoms with Crippen LogP contribution in [0.5, 0.6) is 0 Å². The molecule has 3 aliphatic carbocycles. The van der Waals surface area contributed by atoms with Crippen LogP contribution in [0.15, 0.2) is 0 Å². The fraction of sp³-hybridized carbons (Fsp3) is 1.00. The van der Waals surface area contributed by atoms with Crippen molar-refractivity contribution in [2.24, 2.45) is 35.5 Å². The second-order valence-electron chi connectivity index (χ2n) is 17.8. The Balaban J connectivity index is 0.000000559. The minimum absolute atomic E-state index is 0.107. The van der Waals surface area contributed by atoms with E-state index in [-0.39, 0.29) is 54.3 Å². The van der Waals surface area contributed by atoms with E-state index in [2.05, 4.69) is 34.5 Å². The van der Waals surface area contributed by atoms with Crippen LogP contribution >= 0.6 is 109 Å². The highest BCUT2D eigenvalue weighted by Gasteiger charge is 2.45. The number of halogens is 3. The molecule has 0 aromatic carbocycles. The highest BCUT2D eigenvalue weighted by atomic mass is 32.8. The first-order valence-corrected chi connectivity index (χ1v) is 47.5. The molecule has 0 amide bonds. The molecule has 0 spiro atoms. The zero-order valence-corrected chi connectivity index (χ0v) is 55.5. The van der Waals surface area contributed by atoms with Gasteiger partial charge in [-0.2, -0.15) is 12.7 Å². The molecular formula is C35H73B3F3O18P9S6. The lowest BCUT2D eigenvalue weighted by atomic mass is 9.85. The number of rotatable bonds is 32. The molecule has 0 saturated heterocycles. The van der Waals surface area contributed by atoms with Gasteiger partial charge < -0.3 is 33.5 Å². The van der Waals surface area contributed by atoms with Gasteiger partial charge in [0.2, 0.25) is 6.49 Å². The molecule has 74 heavy (non-hydrogen) atoms. The first-order chi connectivity index (χ1) is 33.7. The first-order valence-electron chi connectivity index (χ1n) is 23.7. The molecule has 3 saturated carbocycles. The molecule has 39 heteroatoms. The van der Waals surface area contributed by atoms with Crippen molar-refractivity contribution in [2.75, 3.05) is 60.5 Å². The van der Waals surface area contributed by atoms with Crippen molar-refractivity contribution < 1.29 is 95.5 Å². The van der Waals surface area contributed by atoms with Crippen LogP contribution in [-0.4, -0.2) is 109 Å². The molecule has 3 fully saturated rings. The maximum atomic E-state index is 13.5. The van der Waals surface area contributed by atoms with Crippen LogP contribution in [0.2, 0.25) is 17.5 Å². The summed E-state index contributed by atoms with van der Waals surface area (Å²) in [5.41, 5.74) is 0. The van der Waals surface area contributed by atoms with E-state index in [1.165, 1.54) is 0 Å². The van der Waals surface area contributed by atoms with Gasteiger partial charge in [0.1, 0.15) is 5.90 Å². The van der Waals surface area contributed by atoms with E-state index in [4.69, 9.17) is 57.9 Å². The minimum atomic E-state index is -5.71. The highest BCUT2D eigenvalue weighted by molar-refractivity contribution is 8.65. The Labute approximate surface area is 467 Å². The van der Waals surface area contributed by atoms with E-state index in [1.54, 1.807) is 20.8 Å². The Morgan fingerprint density at radius 3 is 1.18 bits per heavy atom. The predicted molar refractivity (Wildman–Crippen MR) is 313 cm³/mol. The molecule has 8 unspecified atom stereocenters. The molecule has 3 aliphatic rings. The third-order valence-corrected chi connectivity index (χ3v) is 43.8. The molecule has 0 aliphatic heterocycles. The Kier molecular flexibility index (Phi) is 35.0. The largest absolute Gasteiger partial charge is 0.520 e. The molecule has 18 nitrogen and oxygen atoms in total. The van der Waals surface area contributed by atoms with Gasteiger partial charge in [-0.15, -0.1) is 4.20 Å². The molecule has 0 aromatic heterocycles. The van der Waals surface area contributed by atoms with E-state index < -0.39 is 87.3 Å². The summed E-state index contributed by atoms with van der Waals surface area (Å²) in [4.78, 5) is 47.1. The van der Waals surface area contributed by atoms with Crippen molar-refractivity contribution in [3.63, 3.8) is 0 Å². The first kappa shape index (κ1) is 75.9. The lowest BCUT2D eigenvalue weighted by molar-refractivity contribution is 0.171. The zero-order chi connectivity index (χ0) is 57.2. The molecule has 5 N–H and O–H groups in total. The molecule has 3 rings (SSSR count). The van der Waals surface area contributed by atoms with Crippen LogP contribution in [0.1, 0.15) is 106 Å². The summed E-state index contributed by atoms with van der Waals surface area (Å²) in [7, 11) is 0.937. The third kappa shape index (κ3) is 31.7. The van der Waals surface area contributed by atoms with Crippen molar-refractivity contribution in [3.8, 4) is 0 Å². The molecule has 0 heterocycles. The van der Waals surface area contributed by atoms with Gasteiger partial charge in [0, 0.05) is 11.5 Å². The lowest BCUT2D eigenvalue weighted by Gasteiger charge is -2.26. The van der Waals surface area contributed by atoms with Crippen LogP contribution in [-0.2, 0) is 82.1 Å². The average Bonchev–Trinajstić information content (AvgIpc) is 3.90. The Morgan fingerprint density at radius 2 is 0.838 bits per heavy atom. The van der Waals surface area contributed by atoms with Crippen molar-refractivity contribution in [1.29, 1.82) is 0 Å². The van der Waals surface area contributed by atoms with Crippen molar-refractivity contribution >= 4 is 156 Å². The SMILES string of the molecule is [B][C@H]1C[C@@H](CC)[C@@H](COP(=O)(F)OP(=O)(F)CP(=O)(O)F)C1.[B][C@H]1C[C@@H](CC)[C@@H](COP(=O)(OP(=O)(CP(=O)(O)SCC)SCC)SCC)C1.[B][C@H]1C[C@@H](CC)[C@@H](COP(=O)(OP(O)(=S)CP(O)(O)=S)SCC)C1. The summed E-state index contributed by atoms with van der Waals surface area (Å²) in [5, 5.41) is 0. The van der Waals surface area contributed by atoms with Crippen LogP contribution in [0.25, 0.3) is 0 Å². The number of hydrogen-bond acceptors (Lipinski definition) is 19. The van der Waals surface area contributed by atoms with Gasteiger partial charge in [0.25, 0.3) is 13.1 Å². The van der Waals surface area contributed by atoms with E-state index in [9.17, 15) is 64.1 Å². The van der Waals surface area contributed by atoms with Gasteiger partial charge in [-0.25, -0.2) is 22.3 Å².